The van der Waals surface area contributed by atoms with E-state index in [2.05, 4.69) is 19.2 Å². The molecule has 4 atom stereocenters. The quantitative estimate of drug-likeness (QED) is 0.738. The second kappa shape index (κ2) is 7.51. The Kier molecular flexibility index (Phi) is 6.64. The Morgan fingerprint density at radius 1 is 1.21 bits per heavy atom. The fraction of sp³-hybridized carbons (Fsp3) is 1.00. The van der Waals surface area contributed by atoms with Crippen molar-refractivity contribution in [3.8, 4) is 0 Å². The minimum Gasteiger partial charge on any atom is -0.317 e. The molecule has 0 aromatic rings. The van der Waals surface area contributed by atoms with Crippen LogP contribution in [-0.4, -0.2) is 19.3 Å². The largest absolute Gasteiger partial charge is 0.392 e. The highest BCUT2D eigenvalue weighted by atomic mass is 19.4. The second-order valence-corrected chi connectivity index (χ2v) is 6.12. The van der Waals surface area contributed by atoms with Crippen LogP contribution in [0.15, 0.2) is 0 Å². The maximum atomic E-state index is 13.1. The lowest BCUT2D eigenvalue weighted by atomic mass is 9.72. The van der Waals surface area contributed by atoms with E-state index < -0.39 is 12.1 Å². The van der Waals surface area contributed by atoms with E-state index in [0.717, 1.165) is 32.1 Å². The molecule has 0 spiro atoms. The Morgan fingerprint density at radius 2 is 1.84 bits per heavy atom. The smallest absolute Gasteiger partial charge is 0.317 e. The van der Waals surface area contributed by atoms with E-state index in [0.29, 0.717) is 18.8 Å². The van der Waals surface area contributed by atoms with E-state index in [1.807, 2.05) is 7.05 Å². The molecule has 0 radical (unpaired) electrons. The van der Waals surface area contributed by atoms with Gasteiger partial charge in [0.2, 0.25) is 0 Å². The van der Waals surface area contributed by atoms with Gasteiger partial charge in [-0.2, -0.15) is 13.2 Å². The Morgan fingerprint density at radius 3 is 2.37 bits per heavy atom. The molecule has 0 amide bonds. The maximum Gasteiger partial charge on any atom is 0.392 e. The third-order valence-corrected chi connectivity index (χ3v) is 4.57. The average Bonchev–Trinajstić information content (AvgIpc) is 2.35. The monoisotopic (exact) mass is 279 g/mol. The van der Waals surface area contributed by atoms with E-state index in [9.17, 15) is 13.2 Å². The molecule has 1 aliphatic rings. The molecule has 1 aliphatic carbocycles. The highest BCUT2D eigenvalue weighted by molar-refractivity contribution is 4.88. The lowest BCUT2D eigenvalue weighted by molar-refractivity contribution is -0.199. The van der Waals surface area contributed by atoms with Crippen LogP contribution in [0, 0.1) is 17.8 Å². The van der Waals surface area contributed by atoms with Crippen molar-refractivity contribution in [2.45, 2.75) is 71.0 Å². The average molecular weight is 279 g/mol. The van der Waals surface area contributed by atoms with Gasteiger partial charge in [-0.3, -0.25) is 0 Å². The Balaban J connectivity index is 2.70. The summed E-state index contributed by atoms with van der Waals surface area (Å²) in [6, 6.07) is 0.00785. The molecule has 1 fully saturated rings. The van der Waals surface area contributed by atoms with Gasteiger partial charge in [-0.05, 0) is 38.1 Å². The third-order valence-electron chi connectivity index (χ3n) is 4.57. The van der Waals surface area contributed by atoms with Crippen LogP contribution in [0.1, 0.15) is 58.8 Å². The molecule has 0 aromatic heterocycles. The second-order valence-electron chi connectivity index (χ2n) is 6.12. The molecular weight excluding hydrogens is 251 g/mol. The van der Waals surface area contributed by atoms with Crippen LogP contribution in [0.25, 0.3) is 0 Å². The fourth-order valence-corrected chi connectivity index (χ4v) is 3.60. The Bertz CT molecular complexity index is 252. The Labute approximate surface area is 115 Å². The summed E-state index contributed by atoms with van der Waals surface area (Å²) in [5, 5.41) is 3.16. The summed E-state index contributed by atoms with van der Waals surface area (Å²) in [6.07, 6.45) is 1.73. The van der Waals surface area contributed by atoms with E-state index in [1.165, 1.54) is 0 Å². The summed E-state index contributed by atoms with van der Waals surface area (Å²) in [5.41, 5.74) is 0. The lowest BCUT2D eigenvalue weighted by Crippen LogP contribution is -2.45. The van der Waals surface area contributed by atoms with E-state index in [4.69, 9.17) is 0 Å². The standard InChI is InChI=1S/C15H28F3N/c1-4-7-11(2)10-14(19-3)12-8-5-6-9-13(12)15(16,17)18/h11-14,19H,4-10H2,1-3H3. The van der Waals surface area contributed by atoms with Crippen LogP contribution in [0.4, 0.5) is 13.2 Å². The molecule has 1 nitrogen and oxygen atoms in total. The first-order chi connectivity index (χ1) is 8.90. The Hall–Kier alpha value is -0.250. The van der Waals surface area contributed by atoms with Gasteiger partial charge in [0.15, 0.2) is 0 Å². The van der Waals surface area contributed by atoms with Gasteiger partial charge in [-0.1, -0.05) is 39.5 Å². The number of nitrogens with one attached hydrogen (secondary N) is 1. The van der Waals surface area contributed by atoms with Gasteiger partial charge in [0.05, 0.1) is 5.92 Å². The van der Waals surface area contributed by atoms with Crippen molar-refractivity contribution in [2.24, 2.45) is 17.8 Å². The van der Waals surface area contributed by atoms with Crippen LogP contribution in [-0.2, 0) is 0 Å². The summed E-state index contributed by atoms with van der Waals surface area (Å²) in [5.74, 6) is -0.844. The van der Waals surface area contributed by atoms with Crippen molar-refractivity contribution < 1.29 is 13.2 Å². The molecule has 1 rings (SSSR count). The summed E-state index contributed by atoms with van der Waals surface area (Å²) in [4.78, 5) is 0. The normalized spacial score (nSPS) is 28.1. The maximum absolute atomic E-state index is 13.1. The van der Waals surface area contributed by atoms with Gasteiger partial charge < -0.3 is 5.32 Å². The third kappa shape index (κ3) is 4.97. The fourth-order valence-electron chi connectivity index (χ4n) is 3.60. The van der Waals surface area contributed by atoms with Gasteiger partial charge in [0.1, 0.15) is 0 Å². The van der Waals surface area contributed by atoms with Crippen molar-refractivity contribution in [1.29, 1.82) is 0 Å². The molecular formula is C15H28F3N. The van der Waals surface area contributed by atoms with Crippen LogP contribution in [0.5, 0.6) is 0 Å². The summed E-state index contributed by atoms with van der Waals surface area (Å²) >= 11 is 0. The molecule has 4 unspecified atom stereocenters. The molecule has 1 N–H and O–H groups in total. The predicted octanol–water partition coefficient (Wildman–Crippen LogP) is 4.77. The van der Waals surface area contributed by atoms with Crippen molar-refractivity contribution in [3.63, 3.8) is 0 Å². The molecule has 0 heterocycles. The zero-order valence-electron chi connectivity index (χ0n) is 12.4. The van der Waals surface area contributed by atoms with Gasteiger partial charge in [0, 0.05) is 6.04 Å². The van der Waals surface area contributed by atoms with Gasteiger partial charge >= 0.3 is 6.18 Å². The molecule has 1 saturated carbocycles. The van der Waals surface area contributed by atoms with Crippen LogP contribution < -0.4 is 5.32 Å². The zero-order chi connectivity index (χ0) is 14.5. The van der Waals surface area contributed by atoms with Crippen molar-refractivity contribution in [1.82, 2.24) is 5.32 Å². The number of rotatable bonds is 6. The lowest BCUT2D eigenvalue weighted by Gasteiger charge is -2.39. The number of alkyl halides is 3. The molecule has 19 heavy (non-hydrogen) atoms. The van der Waals surface area contributed by atoms with E-state index in [1.54, 1.807) is 0 Å². The zero-order valence-corrected chi connectivity index (χ0v) is 12.4. The SMILES string of the molecule is CCCC(C)CC(NC)C1CCCCC1C(F)(F)F. The number of hydrogen-bond acceptors (Lipinski definition) is 1. The number of hydrogen-bond donors (Lipinski definition) is 1. The minimum atomic E-state index is -4.03. The highest BCUT2D eigenvalue weighted by Crippen LogP contribution is 2.43. The molecule has 0 aliphatic heterocycles. The summed E-state index contributed by atoms with van der Waals surface area (Å²) in [6.45, 7) is 4.28. The molecule has 114 valence electrons. The van der Waals surface area contributed by atoms with E-state index in [-0.39, 0.29) is 12.0 Å². The molecule has 0 saturated heterocycles. The van der Waals surface area contributed by atoms with E-state index >= 15 is 0 Å². The van der Waals surface area contributed by atoms with Crippen LogP contribution >= 0.6 is 0 Å². The molecule has 4 heteroatoms. The first-order valence-electron chi connectivity index (χ1n) is 7.64. The van der Waals surface area contributed by atoms with Crippen molar-refractivity contribution in [3.05, 3.63) is 0 Å². The predicted molar refractivity (Wildman–Crippen MR) is 73.0 cm³/mol. The highest BCUT2D eigenvalue weighted by Gasteiger charge is 2.47. The van der Waals surface area contributed by atoms with Crippen molar-refractivity contribution in [2.75, 3.05) is 7.05 Å². The van der Waals surface area contributed by atoms with Crippen molar-refractivity contribution >= 4 is 0 Å². The summed E-state index contributed by atoms with van der Waals surface area (Å²) < 4.78 is 39.4. The van der Waals surface area contributed by atoms with Crippen LogP contribution in [0.3, 0.4) is 0 Å². The van der Waals surface area contributed by atoms with Crippen LogP contribution in [0.2, 0.25) is 0 Å². The first-order valence-corrected chi connectivity index (χ1v) is 7.64. The van der Waals surface area contributed by atoms with Gasteiger partial charge in [0.25, 0.3) is 0 Å². The van der Waals surface area contributed by atoms with Gasteiger partial charge in [-0.15, -0.1) is 0 Å². The molecule has 0 aromatic carbocycles. The number of halogens is 3. The topological polar surface area (TPSA) is 12.0 Å². The van der Waals surface area contributed by atoms with Gasteiger partial charge in [-0.25, -0.2) is 0 Å². The first kappa shape index (κ1) is 16.8. The summed E-state index contributed by atoms with van der Waals surface area (Å²) in [7, 11) is 1.81. The minimum absolute atomic E-state index is 0.00785. The molecule has 0 bridgehead atoms.